The van der Waals surface area contributed by atoms with Gasteiger partial charge in [-0.2, -0.15) is 8.42 Å². The fourth-order valence-corrected chi connectivity index (χ4v) is 3.28. The van der Waals surface area contributed by atoms with Gasteiger partial charge in [0.15, 0.2) is 0 Å². The third-order valence-corrected chi connectivity index (χ3v) is 4.40. The van der Waals surface area contributed by atoms with Gasteiger partial charge in [-0.1, -0.05) is 30.3 Å². The highest BCUT2D eigenvalue weighted by atomic mass is 32.2. The Bertz CT molecular complexity index is 787. The average molecular weight is 322 g/mol. The number of nitrogens with two attached hydrogens (primary N) is 2. The van der Waals surface area contributed by atoms with Crippen molar-refractivity contribution in [1.29, 1.82) is 0 Å². The van der Waals surface area contributed by atoms with E-state index in [4.69, 9.17) is 11.5 Å². The summed E-state index contributed by atoms with van der Waals surface area (Å²) in [4.78, 5) is -0.438. The first kappa shape index (κ1) is 16.3. The summed E-state index contributed by atoms with van der Waals surface area (Å²) in [6.07, 6.45) is -0.805. The fourth-order valence-electron chi connectivity index (χ4n) is 2.38. The van der Waals surface area contributed by atoms with E-state index in [1.165, 1.54) is 13.0 Å². The van der Waals surface area contributed by atoms with E-state index in [0.29, 0.717) is 0 Å². The van der Waals surface area contributed by atoms with Gasteiger partial charge in [-0.3, -0.25) is 4.55 Å². The first-order chi connectivity index (χ1) is 10.2. The van der Waals surface area contributed by atoms with Crippen LogP contribution in [0.15, 0.2) is 41.3 Å². The highest BCUT2D eigenvalue weighted by Gasteiger charge is 2.25. The molecule has 1 atom stereocenters. The Kier molecular flexibility index (Phi) is 4.41. The van der Waals surface area contributed by atoms with Gasteiger partial charge in [-0.05, 0) is 18.6 Å². The summed E-state index contributed by atoms with van der Waals surface area (Å²) in [5.41, 5.74) is 13.0. The molecule has 0 aliphatic carbocycles. The van der Waals surface area contributed by atoms with E-state index >= 15 is 0 Å². The number of aliphatic hydroxyl groups is 1. The molecule has 0 spiro atoms. The average Bonchev–Trinajstić information content (AvgIpc) is 2.42. The van der Waals surface area contributed by atoms with Crippen LogP contribution in [0, 0.1) is 0 Å². The van der Waals surface area contributed by atoms with Crippen LogP contribution in [0.2, 0.25) is 0 Å². The standard InChI is InChI=1S/C15H18N2O4S/c1-9(18)11-8-13(16)12(7-10-5-3-2-4-6-10)15(14(11)17)22(19,20)21/h2-6,8-9,18H,7,16-17H2,1H3,(H,19,20,21). The van der Waals surface area contributed by atoms with Crippen LogP contribution < -0.4 is 11.5 Å². The molecule has 22 heavy (non-hydrogen) atoms. The number of benzene rings is 2. The summed E-state index contributed by atoms with van der Waals surface area (Å²) in [6.45, 7) is 1.44. The van der Waals surface area contributed by atoms with Crippen molar-refractivity contribution in [3.8, 4) is 0 Å². The third-order valence-electron chi connectivity index (χ3n) is 3.42. The number of rotatable bonds is 4. The summed E-state index contributed by atoms with van der Waals surface area (Å²) >= 11 is 0. The minimum absolute atomic E-state index is 0.154. The maximum atomic E-state index is 11.7. The monoisotopic (exact) mass is 322 g/mol. The van der Waals surface area contributed by atoms with Crippen LogP contribution in [0.5, 0.6) is 0 Å². The maximum absolute atomic E-state index is 11.7. The van der Waals surface area contributed by atoms with Crippen molar-refractivity contribution in [3.63, 3.8) is 0 Å². The van der Waals surface area contributed by atoms with Gasteiger partial charge in [0.25, 0.3) is 10.1 Å². The van der Waals surface area contributed by atoms with Gasteiger partial charge in [-0.25, -0.2) is 0 Å². The van der Waals surface area contributed by atoms with Crippen molar-refractivity contribution in [2.45, 2.75) is 24.3 Å². The van der Waals surface area contributed by atoms with Gasteiger partial charge in [-0.15, -0.1) is 0 Å². The molecule has 7 heteroatoms. The molecule has 0 aliphatic heterocycles. The van der Waals surface area contributed by atoms with Crippen molar-refractivity contribution in [1.82, 2.24) is 0 Å². The van der Waals surface area contributed by atoms with Crippen LogP contribution in [0.1, 0.15) is 29.7 Å². The highest BCUT2D eigenvalue weighted by Crippen LogP contribution is 2.35. The van der Waals surface area contributed by atoms with Crippen LogP contribution in [-0.2, 0) is 16.5 Å². The Morgan fingerprint density at radius 2 is 1.77 bits per heavy atom. The molecule has 118 valence electrons. The molecular weight excluding hydrogens is 304 g/mol. The smallest absolute Gasteiger partial charge is 0.296 e. The minimum Gasteiger partial charge on any atom is -0.398 e. The molecule has 0 aromatic heterocycles. The molecule has 2 rings (SSSR count). The minimum atomic E-state index is -4.58. The summed E-state index contributed by atoms with van der Waals surface area (Å²) in [5, 5.41) is 9.69. The molecule has 1 unspecified atom stereocenters. The molecule has 6 nitrogen and oxygen atoms in total. The van der Waals surface area contributed by atoms with Gasteiger partial charge in [0.05, 0.1) is 11.8 Å². The van der Waals surface area contributed by atoms with Crippen molar-refractivity contribution < 1.29 is 18.1 Å². The quantitative estimate of drug-likeness (QED) is 0.501. The van der Waals surface area contributed by atoms with E-state index in [2.05, 4.69) is 0 Å². The summed E-state index contributed by atoms with van der Waals surface area (Å²) in [5.74, 6) is 0. The molecule has 0 radical (unpaired) electrons. The topological polar surface area (TPSA) is 127 Å². The molecule has 0 saturated carbocycles. The molecule has 6 N–H and O–H groups in total. The number of anilines is 2. The first-order valence-corrected chi connectivity index (χ1v) is 8.06. The summed E-state index contributed by atoms with van der Waals surface area (Å²) in [6, 6.07) is 10.5. The fraction of sp³-hybridized carbons (Fsp3) is 0.200. The van der Waals surface area contributed by atoms with Gasteiger partial charge >= 0.3 is 0 Å². The summed E-state index contributed by atoms with van der Waals surface area (Å²) < 4.78 is 33.0. The highest BCUT2D eigenvalue weighted by molar-refractivity contribution is 7.86. The first-order valence-electron chi connectivity index (χ1n) is 6.62. The molecule has 0 amide bonds. The van der Waals surface area contributed by atoms with Crippen LogP contribution in [0.25, 0.3) is 0 Å². The Morgan fingerprint density at radius 1 is 1.18 bits per heavy atom. The normalized spacial score (nSPS) is 13.0. The second-order valence-electron chi connectivity index (χ2n) is 5.09. The lowest BCUT2D eigenvalue weighted by molar-refractivity contribution is 0.200. The predicted molar refractivity (Wildman–Crippen MR) is 85.0 cm³/mol. The Morgan fingerprint density at radius 3 is 2.27 bits per heavy atom. The zero-order valence-corrected chi connectivity index (χ0v) is 12.8. The predicted octanol–water partition coefficient (Wildman–Crippen LogP) is 1.74. The van der Waals surface area contributed by atoms with Crippen LogP contribution >= 0.6 is 0 Å². The lowest BCUT2D eigenvalue weighted by Gasteiger charge is -2.18. The molecule has 0 fully saturated rings. The second-order valence-corrected chi connectivity index (χ2v) is 6.45. The number of hydrogen-bond donors (Lipinski definition) is 4. The van der Waals surface area contributed by atoms with E-state index in [1.54, 1.807) is 0 Å². The van der Waals surface area contributed by atoms with Crippen molar-refractivity contribution in [2.24, 2.45) is 0 Å². The molecular formula is C15H18N2O4S. The van der Waals surface area contributed by atoms with E-state index in [1.807, 2.05) is 30.3 Å². The number of aliphatic hydroxyl groups excluding tert-OH is 1. The Hall–Kier alpha value is -2.09. The largest absolute Gasteiger partial charge is 0.398 e. The lowest BCUT2D eigenvalue weighted by Crippen LogP contribution is -2.14. The van der Waals surface area contributed by atoms with E-state index in [-0.39, 0.29) is 28.9 Å². The van der Waals surface area contributed by atoms with Gasteiger partial charge < -0.3 is 16.6 Å². The van der Waals surface area contributed by atoms with Crippen molar-refractivity contribution >= 4 is 21.5 Å². The molecule has 2 aromatic carbocycles. The van der Waals surface area contributed by atoms with Gasteiger partial charge in [0.1, 0.15) is 4.90 Å². The van der Waals surface area contributed by atoms with Crippen molar-refractivity contribution in [2.75, 3.05) is 11.5 Å². The number of nitrogen functional groups attached to an aromatic ring is 2. The van der Waals surface area contributed by atoms with Gasteiger partial charge in [0.2, 0.25) is 0 Å². The molecule has 0 bridgehead atoms. The molecule has 0 heterocycles. The molecule has 2 aromatic rings. The summed E-state index contributed by atoms with van der Waals surface area (Å²) in [7, 11) is -4.58. The zero-order valence-electron chi connectivity index (χ0n) is 12.0. The van der Waals surface area contributed by atoms with E-state index in [0.717, 1.165) is 5.56 Å². The Balaban J connectivity index is 2.70. The van der Waals surface area contributed by atoms with Crippen LogP contribution in [0.4, 0.5) is 11.4 Å². The maximum Gasteiger partial charge on any atom is 0.296 e. The molecule has 0 aliphatic rings. The SMILES string of the molecule is CC(O)c1cc(N)c(Cc2ccccc2)c(S(=O)(=O)O)c1N. The van der Waals surface area contributed by atoms with E-state index in [9.17, 15) is 18.1 Å². The lowest BCUT2D eigenvalue weighted by atomic mass is 9.98. The van der Waals surface area contributed by atoms with Gasteiger partial charge in [0, 0.05) is 23.2 Å². The van der Waals surface area contributed by atoms with Crippen LogP contribution in [-0.4, -0.2) is 18.1 Å². The third kappa shape index (κ3) is 3.22. The zero-order chi connectivity index (χ0) is 16.5. The Labute approximate surface area is 129 Å². The second kappa shape index (κ2) is 5.96. The number of hydrogen-bond acceptors (Lipinski definition) is 5. The molecule has 0 saturated heterocycles. The van der Waals surface area contributed by atoms with Crippen molar-refractivity contribution in [3.05, 3.63) is 53.1 Å². The van der Waals surface area contributed by atoms with E-state index < -0.39 is 21.1 Å². The van der Waals surface area contributed by atoms with Crippen LogP contribution in [0.3, 0.4) is 0 Å².